The number of nitrogens with zero attached hydrogens (tertiary/aromatic N) is 2. The van der Waals surface area contributed by atoms with Crippen molar-refractivity contribution in [3.05, 3.63) is 48.5 Å². The fraction of sp³-hybridized carbons (Fsp3) is 0.458. The highest BCUT2D eigenvalue weighted by Crippen LogP contribution is 2.20. The van der Waals surface area contributed by atoms with Crippen LogP contribution in [-0.4, -0.2) is 71.5 Å². The molecule has 2 heterocycles. The van der Waals surface area contributed by atoms with Gasteiger partial charge >= 0.3 is 0 Å². The Labute approximate surface area is 184 Å². The van der Waals surface area contributed by atoms with Crippen molar-refractivity contribution in [1.29, 1.82) is 0 Å². The van der Waals surface area contributed by atoms with Crippen LogP contribution < -0.4 is 24.8 Å². The van der Waals surface area contributed by atoms with Gasteiger partial charge in [-0.05, 0) is 55.5 Å². The van der Waals surface area contributed by atoms with Gasteiger partial charge in [-0.2, -0.15) is 0 Å². The summed E-state index contributed by atoms with van der Waals surface area (Å²) in [6.07, 6.45) is 0. The lowest BCUT2D eigenvalue weighted by Crippen LogP contribution is -3.19. The number of anilines is 3. The molecule has 0 bridgehead atoms. The molecule has 1 atom stereocenters. The molecule has 2 N–H and O–H groups in total. The Bertz CT molecular complexity index is 842. The molecule has 0 radical (unpaired) electrons. The van der Waals surface area contributed by atoms with Crippen LogP contribution in [-0.2, 0) is 9.53 Å². The first-order valence-electron chi connectivity index (χ1n) is 11.1. The van der Waals surface area contributed by atoms with E-state index in [0.717, 1.165) is 63.9 Å². The van der Waals surface area contributed by atoms with Crippen molar-refractivity contribution < 1.29 is 19.2 Å². The van der Waals surface area contributed by atoms with Crippen LogP contribution in [0.15, 0.2) is 48.5 Å². The van der Waals surface area contributed by atoms with E-state index < -0.39 is 0 Å². The van der Waals surface area contributed by atoms with Crippen LogP contribution >= 0.6 is 0 Å². The number of piperazine rings is 1. The van der Waals surface area contributed by atoms with Crippen LogP contribution in [0.2, 0.25) is 0 Å². The second-order valence-electron chi connectivity index (χ2n) is 8.20. The van der Waals surface area contributed by atoms with Crippen molar-refractivity contribution in [1.82, 2.24) is 0 Å². The fourth-order valence-corrected chi connectivity index (χ4v) is 4.29. The number of morpholine rings is 1. The van der Waals surface area contributed by atoms with E-state index in [1.165, 1.54) is 16.3 Å². The Morgan fingerprint density at radius 3 is 2.06 bits per heavy atom. The lowest BCUT2D eigenvalue weighted by atomic mass is 10.2. The molecule has 1 amide bonds. The van der Waals surface area contributed by atoms with Crippen LogP contribution in [0.4, 0.5) is 17.1 Å². The fourth-order valence-electron chi connectivity index (χ4n) is 4.29. The van der Waals surface area contributed by atoms with Gasteiger partial charge in [-0.3, -0.25) is 4.79 Å². The standard InChI is InChI=1S/C24H32N4O3/c1-19(26-11-13-27(14-12-26)22-7-9-23(30-2)10-8-22)24(29)25-20-3-5-21(6-4-20)28-15-17-31-18-16-28/h3-10,19H,11-18H2,1-2H3,(H,25,29)/p+1/t19-/m0/s1. The van der Waals surface area contributed by atoms with Crippen LogP contribution in [0.25, 0.3) is 0 Å². The van der Waals surface area contributed by atoms with E-state index >= 15 is 0 Å². The second-order valence-corrected chi connectivity index (χ2v) is 8.20. The summed E-state index contributed by atoms with van der Waals surface area (Å²) in [6, 6.07) is 16.2. The molecule has 31 heavy (non-hydrogen) atoms. The smallest absolute Gasteiger partial charge is 0.282 e. The first-order valence-corrected chi connectivity index (χ1v) is 11.1. The van der Waals surface area contributed by atoms with Gasteiger partial charge in [0.05, 0.1) is 46.5 Å². The predicted molar refractivity (Wildman–Crippen MR) is 123 cm³/mol. The normalized spacial score (nSPS) is 18.5. The third kappa shape index (κ3) is 5.29. The average molecular weight is 426 g/mol. The monoisotopic (exact) mass is 425 g/mol. The molecular formula is C24H33N4O3+. The predicted octanol–water partition coefficient (Wildman–Crippen LogP) is 1.26. The zero-order valence-corrected chi connectivity index (χ0v) is 18.5. The number of hydrogen-bond donors (Lipinski definition) is 2. The summed E-state index contributed by atoms with van der Waals surface area (Å²) in [7, 11) is 1.68. The highest BCUT2D eigenvalue weighted by atomic mass is 16.5. The molecular weight excluding hydrogens is 392 g/mol. The van der Waals surface area contributed by atoms with E-state index in [2.05, 4.69) is 39.4 Å². The zero-order chi connectivity index (χ0) is 21.6. The maximum absolute atomic E-state index is 12.8. The van der Waals surface area contributed by atoms with E-state index in [9.17, 15) is 4.79 Å². The topological polar surface area (TPSA) is 58.5 Å². The average Bonchev–Trinajstić information content (AvgIpc) is 2.85. The number of ether oxygens (including phenoxy) is 2. The molecule has 2 aliphatic rings. The van der Waals surface area contributed by atoms with Crippen LogP contribution in [0.1, 0.15) is 6.92 Å². The first kappa shape index (κ1) is 21.5. The Morgan fingerprint density at radius 2 is 1.48 bits per heavy atom. The molecule has 2 aromatic carbocycles. The van der Waals surface area contributed by atoms with Gasteiger partial charge in [-0.15, -0.1) is 0 Å². The summed E-state index contributed by atoms with van der Waals surface area (Å²) < 4.78 is 10.7. The van der Waals surface area contributed by atoms with Crippen LogP contribution in [0.5, 0.6) is 5.75 Å². The Morgan fingerprint density at radius 1 is 0.935 bits per heavy atom. The number of quaternary nitrogens is 1. The van der Waals surface area contributed by atoms with Crippen molar-refractivity contribution in [2.45, 2.75) is 13.0 Å². The van der Waals surface area contributed by atoms with E-state index in [1.54, 1.807) is 7.11 Å². The molecule has 7 heteroatoms. The molecule has 2 fully saturated rings. The van der Waals surface area contributed by atoms with Gasteiger partial charge in [-0.25, -0.2) is 0 Å². The van der Waals surface area contributed by atoms with Gasteiger partial charge in [0.2, 0.25) is 0 Å². The van der Waals surface area contributed by atoms with Crippen molar-refractivity contribution in [2.24, 2.45) is 0 Å². The maximum atomic E-state index is 12.8. The van der Waals surface area contributed by atoms with Gasteiger partial charge in [-0.1, -0.05) is 0 Å². The summed E-state index contributed by atoms with van der Waals surface area (Å²) >= 11 is 0. The quantitative estimate of drug-likeness (QED) is 0.730. The van der Waals surface area contributed by atoms with Gasteiger partial charge in [0, 0.05) is 30.2 Å². The van der Waals surface area contributed by atoms with Gasteiger partial charge in [0.1, 0.15) is 5.75 Å². The number of methoxy groups -OCH3 is 1. The number of amides is 1. The Kier molecular flexibility index (Phi) is 6.94. The molecule has 0 aliphatic carbocycles. The number of rotatable bonds is 6. The third-order valence-electron chi connectivity index (χ3n) is 6.36. The minimum atomic E-state index is -0.0862. The van der Waals surface area contributed by atoms with Gasteiger partial charge < -0.3 is 29.5 Å². The number of carbonyl (C=O) groups is 1. The minimum Gasteiger partial charge on any atom is -0.497 e. The molecule has 4 rings (SSSR count). The summed E-state index contributed by atoms with van der Waals surface area (Å²) in [5.41, 5.74) is 3.23. The van der Waals surface area contributed by atoms with Crippen LogP contribution in [0.3, 0.4) is 0 Å². The number of benzene rings is 2. The van der Waals surface area contributed by atoms with Crippen molar-refractivity contribution in [3.63, 3.8) is 0 Å². The molecule has 0 unspecified atom stereocenters. The summed E-state index contributed by atoms with van der Waals surface area (Å²) in [5.74, 6) is 0.948. The van der Waals surface area contributed by atoms with Gasteiger partial charge in [0.15, 0.2) is 6.04 Å². The molecule has 2 aromatic rings. The minimum absolute atomic E-state index is 0.0759. The molecule has 0 spiro atoms. The van der Waals surface area contributed by atoms with E-state index in [-0.39, 0.29) is 11.9 Å². The van der Waals surface area contributed by atoms with E-state index in [1.807, 2.05) is 31.2 Å². The molecule has 7 nitrogen and oxygen atoms in total. The van der Waals surface area contributed by atoms with Crippen molar-refractivity contribution in [2.75, 3.05) is 74.7 Å². The van der Waals surface area contributed by atoms with Crippen LogP contribution in [0, 0.1) is 0 Å². The molecule has 0 aromatic heterocycles. The van der Waals surface area contributed by atoms with Gasteiger partial charge in [0.25, 0.3) is 5.91 Å². The second kappa shape index (κ2) is 10.0. The summed E-state index contributed by atoms with van der Waals surface area (Å²) in [6.45, 7) is 9.14. The lowest BCUT2D eigenvalue weighted by molar-refractivity contribution is -0.914. The summed E-state index contributed by atoms with van der Waals surface area (Å²) in [4.78, 5) is 18.8. The first-order chi connectivity index (χ1) is 15.1. The number of carbonyl (C=O) groups excluding carboxylic acids is 1. The molecule has 2 aliphatic heterocycles. The number of nitrogens with one attached hydrogen (secondary N) is 2. The molecule has 166 valence electrons. The summed E-state index contributed by atoms with van der Waals surface area (Å²) in [5, 5.41) is 3.09. The maximum Gasteiger partial charge on any atom is 0.282 e. The highest BCUT2D eigenvalue weighted by Gasteiger charge is 2.29. The number of hydrogen-bond acceptors (Lipinski definition) is 5. The SMILES string of the molecule is COc1ccc(N2CC[NH+]([C@@H](C)C(=O)Nc3ccc(N4CCOCC4)cc3)CC2)cc1. The molecule has 2 saturated heterocycles. The van der Waals surface area contributed by atoms with Crippen molar-refractivity contribution in [3.8, 4) is 5.75 Å². The largest absolute Gasteiger partial charge is 0.497 e. The zero-order valence-electron chi connectivity index (χ0n) is 18.5. The molecule has 0 saturated carbocycles. The van der Waals surface area contributed by atoms with E-state index in [4.69, 9.17) is 9.47 Å². The van der Waals surface area contributed by atoms with Crippen molar-refractivity contribution >= 4 is 23.0 Å². The Hall–Kier alpha value is -2.77. The Balaban J connectivity index is 1.27. The lowest BCUT2D eigenvalue weighted by Gasteiger charge is -2.36. The highest BCUT2D eigenvalue weighted by molar-refractivity contribution is 5.93. The van der Waals surface area contributed by atoms with E-state index in [0.29, 0.717) is 0 Å². The third-order valence-corrected chi connectivity index (χ3v) is 6.36.